The minimum absolute atomic E-state index is 0.209. The van der Waals surface area contributed by atoms with Crippen molar-refractivity contribution in [3.05, 3.63) is 39.4 Å². The summed E-state index contributed by atoms with van der Waals surface area (Å²) in [6, 6.07) is 3.40. The Morgan fingerprint density at radius 1 is 1.38 bits per heavy atom. The highest BCUT2D eigenvalue weighted by molar-refractivity contribution is 6.35. The van der Waals surface area contributed by atoms with E-state index in [4.69, 9.17) is 45.3 Å². The lowest BCUT2D eigenvalue weighted by atomic mass is 10.1. The Morgan fingerprint density at radius 2 is 2.06 bits per heavy atom. The zero-order valence-corrected chi connectivity index (χ0v) is 10.9. The van der Waals surface area contributed by atoms with Gasteiger partial charge in [0.1, 0.15) is 12.4 Å². The molecule has 0 aromatic heterocycles. The van der Waals surface area contributed by atoms with Crippen molar-refractivity contribution in [1.82, 2.24) is 0 Å². The molecule has 88 valence electrons. The molecule has 0 bridgehead atoms. The molecule has 0 aliphatic rings. The summed E-state index contributed by atoms with van der Waals surface area (Å²) in [5.41, 5.74) is 6.37. The van der Waals surface area contributed by atoms with Crippen molar-refractivity contribution >= 4 is 34.8 Å². The second kappa shape index (κ2) is 6.36. The summed E-state index contributed by atoms with van der Waals surface area (Å²) in [5, 5.41) is 1.42. The molecular formula is C11H12Cl3NO. The molecule has 1 aromatic rings. The zero-order valence-electron chi connectivity index (χ0n) is 8.60. The van der Waals surface area contributed by atoms with Gasteiger partial charge in [-0.2, -0.15) is 0 Å². The van der Waals surface area contributed by atoms with Gasteiger partial charge in [-0.25, -0.2) is 0 Å². The minimum atomic E-state index is 0.209. The first kappa shape index (κ1) is 13.7. The van der Waals surface area contributed by atoms with Crippen molar-refractivity contribution in [2.45, 2.75) is 6.42 Å². The van der Waals surface area contributed by atoms with E-state index in [-0.39, 0.29) is 6.61 Å². The fourth-order valence-corrected chi connectivity index (χ4v) is 1.91. The van der Waals surface area contributed by atoms with E-state index >= 15 is 0 Å². The van der Waals surface area contributed by atoms with Crippen molar-refractivity contribution in [3.8, 4) is 5.75 Å². The molecule has 5 heteroatoms. The third-order valence-electron chi connectivity index (χ3n) is 1.87. The zero-order chi connectivity index (χ0) is 12.1. The molecular weight excluding hydrogens is 268 g/mol. The van der Waals surface area contributed by atoms with Crippen molar-refractivity contribution < 1.29 is 4.74 Å². The largest absolute Gasteiger partial charge is 0.486 e. The van der Waals surface area contributed by atoms with Gasteiger partial charge < -0.3 is 10.5 Å². The molecule has 0 spiro atoms. The van der Waals surface area contributed by atoms with Crippen LogP contribution in [-0.4, -0.2) is 13.2 Å². The Bertz CT molecular complexity index is 393. The number of hydrogen-bond acceptors (Lipinski definition) is 2. The van der Waals surface area contributed by atoms with Crippen LogP contribution in [-0.2, 0) is 6.42 Å². The fraction of sp³-hybridized carbons (Fsp3) is 0.273. The van der Waals surface area contributed by atoms with Gasteiger partial charge in [0.2, 0.25) is 0 Å². The van der Waals surface area contributed by atoms with Crippen LogP contribution in [0, 0.1) is 0 Å². The molecule has 0 amide bonds. The van der Waals surface area contributed by atoms with E-state index in [0.717, 1.165) is 5.56 Å². The topological polar surface area (TPSA) is 35.2 Å². The Labute approximate surface area is 110 Å². The van der Waals surface area contributed by atoms with E-state index in [1.54, 1.807) is 12.1 Å². The summed E-state index contributed by atoms with van der Waals surface area (Å²) in [5.74, 6) is 0.568. The molecule has 0 aliphatic heterocycles. The fourth-order valence-electron chi connectivity index (χ4n) is 1.27. The first-order chi connectivity index (χ1) is 7.54. The monoisotopic (exact) mass is 279 g/mol. The minimum Gasteiger partial charge on any atom is -0.486 e. The second-order valence-corrected chi connectivity index (χ2v) is 4.60. The van der Waals surface area contributed by atoms with Crippen LogP contribution in [0.4, 0.5) is 0 Å². The Hall–Kier alpha value is -0.410. The molecule has 2 nitrogen and oxygen atoms in total. The number of halogens is 3. The van der Waals surface area contributed by atoms with Crippen LogP contribution in [0.3, 0.4) is 0 Å². The molecule has 16 heavy (non-hydrogen) atoms. The standard InChI is InChI=1S/C11H12Cl3NO/c1-7(12)6-16-11-8(2-3-15)4-9(13)5-10(11)14/h4-5H,1-3,6,15H2. The van der Waals surface area contributed by atoms with E-state index in [0.29, 0.717) is 33.8 Å². The van der Waals surface area contributed by atoms with Crippen molar-refractivity contribution in [1.29, 1.82) is 0 Å². The number of ether oxygens (including phenoxy) is 1. The van der Waals surface area contributed by atoms with Crippen LogP contribution in [0.15, 0.2) is 23.7 Å². The van der Waals surface area contributed by atoms with Gasteiger partial charge in [-0.1, -0.05) is 41.4 Å². The average Bonchev–Trinajstić information content (AvgIpc) is 2.16. The SMILES string of the molecule is C=C(Cl)COc1c(Cl)cc(Cl)cc1CCN. The molecule has 2 N–H and O–H groups in total. The summed E-state index contributed by atoms with van der Waals surface area (Å²) in [6.07, 6.45) is 0.643. The quantitative estimate of drug-likeness (QED) is 0.894. The lowest BCUT2D eigenvalue weighted by Crippen LogP contribution is -2.06. The van der Waals surface area contributed by atoms with Crippen LogP contribution in [0.5, 0.6) is 5.75 Å². The molecule has 0 atom stereocenters. The van der Waals surface area contributed by atoms with E-state index in [9.17, 15) is 0 Å². The molecule has 0 radical (unpaired) electrons. The highest BCUT2D eigenvalue weighted by atomic mass is 35.5. The maximum Gasteiger partial charge on any atom is 0.141 e. The van der Waals surface area contributed by atoms with Gasteiger partial charge in [0, 0.05) is 10.1 Å². The number of nitrogens with two attached hydrogens (primary N) is 1. The lowest BCUT2D eigenvalue weighted by molar-refractivity contribution is 0.356. The van der Waals surface area contributed by atoms with Crippen LogP contribution in [0.1, 0.15) is 5.56 Å². The van der Waals surface area contributed by atoms with Crippen molar-refractivity contribution in [2.75, 3.05) is 13.2 Å². The smallest absolute Gasteiger partial charge is 0.141 e. The summed E-state index contributed by atoms with van der Waals surface area (Å²) >= 11 is 17.6. The Kier molecular flexibility index (Phi) is 5.42. The normalized spacial score (nSPS) is 10.2. The van der Waals surface area contributed by atoms with Crippen LogP contribution >= 0.6 is 34.8 Å². The number of benzene rings is 1. The highest BCUT2D eigenvalue weighted by Crippen LogP contribution is 2.33. The van der Waals surface area contributed by atoms with E-state index in [2.05, 4.69) is 6.58 Å². The molecule has 0 aliphatic carbocycles. The van der Waals surface area contributed by atoms with Gasteiger partial charge in [0.05, 0.1) is 5.02 Å². The molecule has 0 saturated heterocycles. The van der Waals surface area contributed by atoms with Crippen molar-refractivity contribution in [3.63, 3.8) is 0 Å². The van der Waals surface area contributed by atoms with Gasteiger partial charge in [-0.15, -0.1) is 0 Å². The third-order valence-corrected chi connectivity index (χ3v) is 2.48. The third kappa shape index (κ3) is 3.87. The molecule has 0 fully saturated rings. The maximum atomic E-state index is 6.03. The molecule has 0 heterocycles. The van der Waals surface area contributed by atoms with Crippen LogP contribution in [0.25, 0.3) is 0 Å². The second-order valence-electron chi connectivity index (χ2n) is 3.22. The number of hydrogen-bond donors (Lipinski definition) is 1. The lowest BCUT2D eigenvalue weighted by Gasteiger charge is -2.12. The molecule has 0 unspecified atom stereocenters. The Balaban J connectivity index is 2.98. The summed E-state index contributed by atoms with van der Waals surface area (Å²) in [4.78, 5) is 0. The molecule has 0 saturated carbocycles. The van der Waals surface area contributed by atoms with Gasteiger partial charge in [0.25, 0.3) is 0 Å². The van der Waals surface area contributed by atoms with Gasteiger partial charge in [-0.3, -0.25) is 0 Å². The van der Waals surface area contributed by atoms with Crippen LogP contribution in [0.2, 0.25) is 10.0 Å². The van der Waals surface area contributed by atoms with E-state index in [1.165, 1.54) is 0 Å². The Morgan fingerprint density at radius 3 is 2.62 bits per heavy atom. The predicted octanol–water partition coefficient (Wildman–Crippen LogP) is 3.63. The van der Waals surface area contributed by atoms with E-state index < -0.39 is 0 Å². The molecule has 1 aromatic carbocycles. The summed E-state index contributed by atoms with van der Waals surface area (Å²) in [7, 11) is 0. The first-order valence-corrected chi connectivity index (χ1v) is 5.82. The maximum absolute atomic E-state index is 6.03. The van der Waals surface area contributed by atoms with Gasteiger partial charge in [-0.05, 0) is 30.7 Å². The van der Waals surface area contributed by atoms with Gasteiger partial charge >= 0.3 is 0 Å². The predicted molar refractivity (Wildman–Crippen MR) is 69.7 cm³/mol. The van der Waals surface area contributed by atoms with Crippen molar-refractivity contribution in [2.24, 2.45) is 5.73 Å². The summed E-state index contributed by atoms with van der Waals surface area (Å²) < 4.78 is 5.46. The molecule has 1 rings (SSSR count). The van der Waals surface area contributed by atoms with Crippen LogP contribution < -0.4 is 10.5 Å². The average molecular weight is 281 g/mol. The van der Waals surface area contributed by atoms with Gasteiger partial charge in [0.15, 0.2) is 0 Å². The summed E-state index contributed by atoms with van der Waals surface area (Å²) in [6.45, 7) is 4.24. The highest BCUT2D eigenvalue weighted by Gasteiger charge is 2.10. The first-order valence-electron chi connectivity index (χ1n) is 4.68. The number of rotatable bonds is 5. The van der Waals surface area contributed by atoms with E-state index in [1.807, 2.05) is 0 Å².